The van der Waals surface area contributed by atoms with Gasteiger partial charge in [-0.25, -0.2) is 4.79 Å². The van der Waals surface area contributed by atoms with E-state index >= 15 is 0 Å². The lowest BCUT2D eigenvalue weighted by Gasteiger charge is -2.19. The SMILES string of the molecule is CC(C)C[C@@H](O)C(=O)N[C@@H](Cc1ccc(C(=O)O)cc1)C(N)=O. The van der Waals surface area contributed by atoms with E-state index in [4.69, 9.17) is 10.8 Å². The van der Waals surface area contributed by atoms with Crippen LogP contribution in [0.1, 0.15) is 36.2 Å². The number of carboxylic acid groups (broad SMARTS) is 1. The van der Waals surface area contributed by atoms with Gasteiger partial charge >= 0.3 is 5.97 Å². The van der Waals surface area contributed by atoms with E-state index in [0.717, 1.165) is 0 Å². The van der Waals surface area contributed by atoms with Gasteiger partial charge < -0.3 is 21.3 Å². The number of carbonyl (C=O) groups is 3. The van der Waals surface area contributed by atoms with Crippen molar-refractivity contribution in [1.82, 2.24) is 5.32 Å². The van der Waals surface area contributed by atoms with Crippen molar-refractivity contribution >= 4 is 17.8 Å². The number of carboxylic acids is 1. The maximum atomic E-state index is 11.9. The molecule has 7 nitrogen and oxygen atoms in total. The topological polar surface area (TPSA) is 130 Å². The second kappa shape index (κ2) is 8.28. The molecule has 0 bridgehead atoms. The van der Waals surface area contributed by atoms with Gasteiger partial charge in [0.25, 0.3) is 0 Å². The summed E-state index contributed by atoms with van der Waals surface area (Å²) in [6.45, 7) is 3.73. The molecule has 0 spiro atoms. The normalized spacial score (nSPS) is 13.4. The zero-order chi connectivity index (χ0) is 17.6. The summed E-state index contributed by atoms with van der Waals surface area (Å²) in [6, 6.07) is 4.95. The first-order valence-corrected chi connectivity index (χ1v) is 7.30. The first-order valence-electron chi connectivity index (χ1n) is 7.30. The van der Waals surface area contributed by atoms with E-state index in [1.807, 2.05) is 13.8 Å². The number of nitrogens with one attached hydrogen (secondary N) is 1. The second-order valence-corrected chi connectivity index (χ2v) is 5.82. The van der Waals surface area contributed by atoms with E-state index in [2.05, 4.69) is 5.32 Å². The van der Waals surface area contributed by atoms with Crippen molar-refractivity contribution in [3.8, 4) is 0 Å². The fourth-order valence-electron chi connectivity index (χ4n) is 2.06. The van der Waals surface area contributed by atoms with Gasteiger partial charge in [-0.05, 0) is 30.0 Å². The van der Waals surface area contributed by atoms with Crippen LogP contribution < -0.4 is 11.1 Å². The molecule has 1 rings (SSSR count). The summed E-state index contributed by atoms with van der Waals surface area (Å²) >= 11 is 0. The highest BCUT2D eigenvalue weighted by molar-refractivity contribution is 5.89. The molecular formula is C16H22N2O5. The monoisotopic (exact) mass is 322 g/mol. The highest BCUT2D eigenvalue weighted by Crippen LogP contribution is 2.09. The summed E-state index contributed by atoms with van der Waals surface area (Å²) in [5.74, 6) is -2.29. The van der Waals surface area contributed by atoms with Gasteiger partial charge in [-0.1, -0.05) is 26.0 Å². The molecule has 126 valence electrons. The van der Waals surface area contributed by atoms with Crippen molar-refractivity contribution in [2.45, 2.75) is 38.8 Å². The van der Waals surface area contributed by atoms with Crippen molar-refractivity contribution in [3.63, 3.8) is 0 Å². The van der Waals surface area contributed by atoms with E-state index in [9.17, 15) is 19.5 Å². The van der Waals surface area contributed by atoms with Crippen LogP contribution in [-0.4, -0.2) is 40.1 Å². The molecule has 0 aromatic heterocycles. The maximum Gasteiger partial charge on any atom is 0.335 e. The summed E-state index contributed by atoms with van der Waals surface area (Å²) < 4.78 is 0. The molecule has 5 N–H and O–H groups in total. The number of hydrogen-bond donors (Lipinski definition) is 4. The fourth-order valence-corrected chi connectivity index (χ4v) is 2.06. The minimum absolute atomic E-state index is 0.120. The van der Waals surface area contributed by atoms with Crippen LogP contribution in [0.5, 0.6) is 0 Å². The summed E-state index contributed by atoms with van der Waals surface area (Å²) in [5, 5.41) is 21.0. The minimum atomic E-state index is -1.20. The molecule has 0 unspecified atom stereocenters. The molecule has 0 aliphatic heterocycles. The Balaban J connectivity index is 2.73. The van der Waals surface area contributed by atoms with Crippen molar-refractivity contribution in [2.24, 2.45) is 11.7 Å². The van der Waals surface area contributed by atoms with E-state index in [-0.39, 0.29) is 24.3 Å². The van der Waals surface area contributed by atoms with E-state index in [1.54, 1.807) is 12.1 Å². The Labute approximate surface area is 134 Å². The largest absolute Gasteiger partial charge is 0.478 e. The summed E-state index contributed by atoms with van der Waals surface area (Å²) in [6.07, 6.45) is -0.800. The molecule has 0 radical (unpaired) electrons. The number of primary amides is 1. The van der Waals surface area contributed by atoms with Crippen LogP contribution in [0.2, 0.25) is 0 Å². The Kier molecular flexibility index (Phi) is 6.71. The molecule has 0 aliphatic carbocycles. The highest BCUT2D eigenvalue weighted by atomic mass is 16.4. The van der Waals surface area contributed by atoms with Gasteiger partial charge in [-0.2, -0.15) is 0 Å². The van der Waals surface area contributed by atoms with Crippen LogP contribution in [0.4, 0.5) is 0 Å². The number of carbonyl (C=O) groups excluding carboxylic acids is 2. The van der Waals surface area contributed by atoms with Gasteiger partial charge in [0.1, 0.15) is 12.1 Å². The van der Waals surface area contributed by atoms with Crippen molar-refractivity contribution in [2.75, 3.05) is 0 Å². The second-order valence-electron chi connectivity index (χ2n) is 5.82. The average molecular weight is 322 g/mol. The summed E-state index contributed by atoms with van der Waals surface area (Å²) in [5.41, 5.74) is 6.06. The number of aliphatic hydroxyl groups excluding tert-OH is 1. The van der Waals surface area contributed by atoms with Gasteiger partial charge in [-0.15, -0.1) is 0 Å². The molecule has 0 saturated heterocycles. The quantitative estimate of drug-likeness (QED) is 0.547. The Bertz CT molecular complexity index is 568. The molecular weight excluding hydrogens is 300 g/mol. The van der Waals surface area contributed by atoms with Gasteiger partial charge in [0.05, 0.1) is 5.56 Å². The molecule has 1 aromatic carbocycles. The lowest BCUT2D eigenvalue weighted by atomic mass is 10.0. The first kappa shape index (κ1) is 18.6. The van der Waals surface area contributed by atoms with Gasteiger partial charge in [-0.3, -0.25) is 9.59 Å². The predicted octanol–water partition coefficient (Wildman–Crippen LogP) is 0.304. The van der Waals surface area contributed by atoms with E-state index in [0.29, 0.717) is 5.56 Å². The minimum Gasteiger partial charge on any atom is -0.478 e. The predicted molar refractivity (Wildman–Crippen MR) is 83.7 cm³/mol. The smallest absolute Gasteiger partial charge is 0.335 e. The zero-order valence-electron chi connectivity index (χ0n) is 13.2. The standard InChI is InChI=1S/C16H22N2O5/c1-9(2)7-13(19)15(21)18-12(14(17)20)8-10-3-5-11(6-4-10)16(22)23/h3-6,9,12-13,19H,7-8H2,1-2H3,(H2,17,20)(H,18,21)(H,22,23)/t12-,13+/m0/s1. The number of aromatic carboxylic acids is 1. The number of benzene rings is 1. The number of amides is 2. The lowest BCUT2D eigenvalue weighted by Crippen LogP contribution is -2.49. The molecule has 1 aromatic rings. The van der Waals surface area contributed by atoms with Crippen LogP contribution in [0.3, 0.4) is 0 Å². The lowest BCUT2D eigenvalue weighted by molar-refractivity contribution is -0.133. The molecule has 0 fully saturated rings. The van der Waals surface area contributed by atoms with Crippen molar-refractivity contribution in [3.05, 3.63) is 35.4 Å². The number of aliphatic hydroxyl groups is 1. The Morgan fingerprint density at radius 3 is 2.17 bits per heavy atom. The summed E-state index contributed by atoms with van der Waals surface area (Å²) in [4.78, 5) is 34.2. The highest BCUT2D eigenvalue weighted by Gasteiger charge is 2.23. The Morgan fingerprint density at radius 2 is 1.74 bits per heavy atom. The zero-order valence-corrected chi connectivity index (χ0v) is 13.2. The molecule has 2 amide bonds. The molecule has 0 aliphatic rings. The van der Waals surface area contributed by atoms with Gasteiger partial charge in [0.2, 0.25) is 11.8 Å². The fraction of sp³-hybridized carbons (Fsp3) is 0.438. The van der Waals surface area contributed by atoms with E-state index < -0.39 is 29.9 Å². The average Bonchev–Trinajstić information content (AvgIpc) is 2.46. The van der Waals surface area contributed by atoms with Crippen molar-refractivity contribution in [1.29, 1.82) is 0 Å². The Morgan fingerprint density at radius 1 is 1.17 bits per heavy atom. The van der Waals surface area contributed by atoms with Crippen LogP contribution in [0.15, 0.2) is 24.3 Å². The first-order chi connectivity index (χ1) is 10.7. The number of rotatable bonds is 8. The molecule has 0 heterocycles. The van der Waals surface area contributed by atoms with Crippen LogP contribution in [0.25, 0.3) is 0 Å². The molecule has 2 atom stereocenters. The van der Waals surface area contributed by atoms with Crippen molar-refractivity contribution < 1.29 is 24.6 Å². The van der Waals surface area contributed by atoms with Gasteiger partial charge in [0, 0.05) is 6.42 Å². The Hall–Kier alpha value is -2.41. The maximum absolute atomic E-state index is 11.9. The van der Waals surface area contributed by atoms with E-state index in [1.165, 1.54) is 12.1 Å². The van der Waals surface area contributed by atoms with Crippen LogP contribution in [-0.2, 0) is 16.0 Å². The van der Waals surface area contributed by atoms with Gasteiger partial charge in [0.15, 0.2) is 0 Å². The van der Waals surface area contributed by atoms with Crippen LogP contribution >= 0.6 is 0 Å². The van der Waals surface area contributed by atoms with Crippen LogP contribution in [0, 0.1) is 5.92 Å². The summed E-state index contributed by atoms with van der Waals surface area (Å²) in [7, 11) is 0. The molecule has 7 heteroatoms. The number of hydrogen-bond acceptors (Lipinski definition) is 4. The third-order valence-electron chi connectivity index (χ3n) is 3.30. The number of nitrogens with two attached hydrogens (primary N) is 1. The molecule has 23 heavy (non-hydrogen) atoms. The third-order valence-corrected chi connectivity index (χ3v) is 3.30. The third kappa shape index (κ3) is 6.07. The molecule has 0 saturated carbocycles.